The summed E-state index contributed by atoms with van der Waals surface area (Å²) in [5.74, 6) is -3.26. The largest absolute Gasteiger partial charge is 0.480 e. The number of nitrogens with one attached hydrogen (secondary N) is 4. The Labute approximate surface area is 282 Å². The number of nitrogens with zero attached hydrogens (tertiary/aromatic N) is 2. The molecule has 14 nitrogen and oxygen atoms in total. The maximum absolute atomic E-state index is 14.3. The summed E-state index contributed by atoms with van der Waals surface area (Å²) in [5, 5.41) is 25.2. The molecule has 0 bridgehead atoms. The van der Waals surface area contributed by atoms with Gasteiger partial charge in [0.25, 0.3) is 0 Å². The lowest BCUT2D eigenvalue weighted by Gasteiger charge is -2.42. The standard InChI is InChI=1S/C33H41ClN6O8/c1-19-15-23(48-39-19)17-28(42)36-22-16-26-29(43)37-25(31(45)46)10-11-27(41)35-14-3-2-5-24(30(44)40(26)18-22)38-32(47)33(12-4-13-33)20-6-8-21(34)9-7-20/h6-9,15,22,24-26H,2-5,10-14,16-18H2,1H3,(H,35,41)(H,36,42)(H,37,43)(H,38,47)(H,45,46)/t22-,24+,25+,26+/m1/s1. The number of hydrogen-bond acceptors (Lipinski definition) is 8. The molecule has 0 unspecified atom stereocenters. The highest BCUT2D eigenvalue weighted by Crippen LogP contribution is 2.44. The Hall–Kier alpha value is -4.46. The molecule has 1 aromatic carbocycles. The fourth-order valence-electron chi connectivity index (χ4n) is 6.66. The maximum Gasteiger partial charge on any atom is 0.326 e. The van der Waals surface area contributed by atoms with Crippen LogP contribution >= 0.6 is 11.6 Å². The van der Waals surface area contributed by atoms with Crippen molar-refractivity contribution in [3.8, 4) is 0 Å². The molecule has 4 atom stereocenters. The van der Waals surface area contributed by atoms with Crippen molar-refractivity contribution in [2.75, 3.05) is 13.1 Å². The summed E-state index contributed by atoms with van der Waals surface area (Å²) in [6, 6.07) is 4.55. The van der Waals surface area contributed by atoms with Crippen LogP contribution in [0.15, 0.2) is 34.9 Å². The fourth-order valence-corrected chi connectivity index (χ4v) is 6.79. The van der Waals surface area contributed by atoms with Crippen molar-refractivity contribution < 1.29 is 38.4 Å². The van der Waals surface area contributed by atoms with Crippen molar-refractivity contribution in [2.45, 2.75) is 101 Å². The number of amides is 5. The van der Waals surface area contributed by atoms with Crippen LogP contribution in [0.2, 0.25) is 5.02 Å². The minimum Gasteiger partial charge on any atom is -0.480 e. The van der Waals surface area contributed by atoms with Crippen LogP contribution in [0.3, 0.4) is 0 Å². The van der Waals surface area contributed by atoms with E-state index in [4.69, 9.17) is 16.1 Å². The molecular formula is C33H41ClN6O8. The van der Waals surface area contributed by atoms with E-state index in [9.17, 15) is 33.9 Å². The fraction of sp³-hybridized carbons (Fsp3) is 0.545. The van der Waals surface area contributed by atoms with Crippen LogP contribution in [0.25, 0.3) is 0 Å². The normalized spacial score (nSPS) is 25.0. The molecule has 15 heteroatoms. The summed E-state index contributed by atoms with van der Waals surface area (Å²) in [6.45, 7) is 1.99. The predicted octanol–water partition coefficient (Wildman–Crippen LogP) is 1.52. The second-order valence-electron chi connectivity index (χ2n) is 12.9. The first kappa shape index (κ1) is 34.9. The highest BCUT2D eigenvalue weighted by atomic mass is 35.5. The summed E-state index contributed by atoms with van der Waals surface area (Å²) >= 11 is 6.10. The van der Waals surface area contributed by atoms with E-state index >= 15 is 0 Å². The van der Waals surface area contributed by atoms with Gasteiger partial charge in [-0.05, 0) is 69.6 Å². The van der Waals surface area contributed by atoms with Gasteiger partial charge in [0.2, 0.25) is 29.5 Å². The highest BCUT2D eigenvalue weighted by molar-refractivity contribution is 6.30. The summed E-state index contributed by atoms with van der Waals surface area (Å²) in [6.07, 6.45) is 2.91. The number of benzene rings is 1. The Kier molecular flexibility index (Phi) is 11.0. The van der Waals surface area contributed by atoms with Gasteiger partial charge in [-0.15, -0.1) is 0 Å². The molecule has 3 aliphatic rings. The first-order valence-electron chi connectivity index (χ1n) is 16.3. The molecule has 2 aliphatic heterocycles. The van der Waals surface area contributed by atoms with Gasteiger partial charge in [0.15, 0.2) is 0 Å². The number of halogens is 1. The molecule has 2 aromatic rings. The smallest absolute Gasteiger partial charge is 0.326 e. The van der Waals surface area contributed by atoms with Crippen molar-refractivity contribution in [3.05, 3.63) is 52.4 Å². The van der Waals surface area contributed by atoms with Gasteiger partial charge < -0.3 is 35.8 Å². The quantitative estimate of drug-likeness (QED) is 0.287. The molecule has 5 rings (SSSR count). The van der Waals surface area contributed by atoms with E-state index in [-0.39, 0.29) is 50.5 Å². The third-order valence-electron chi connectivity index (χ3n) is 9.42. The summed E-state index contributed by atoms with van der Waals surface area (Å²) in [5.41, 5.74) is 0.581. The van der Waals surface area contributed by atoms with E-state index in [1.54, 1.807) is 25.1 Å². The van der Waals surface area contributed by atoms with Gasteiger partial charge in [-0.3, -0.25) is 24.0 Å². The van der Waals surface area contributed by atoms with Crippen LogP contribution < -0.4 is 21.3 Å². The molecule has 0 spiro atoms. The van der Waals surface area contributed by atoms with Gasteiger partial charge in [-0.2, -0.15) is 0 Å². The van der Waals surface area contributed by atoms with E-state index in [0.29, 0.717) is 48.7 Å². The van der Waals surface area contributed by atoms with Crippen LogP contribution in [0.1, 0.15) is 74.8 Å². The Morgan fingerprint density at radius 3 is 2.48 bits per heavy atom. The number of carbonyl (C=O) groups is 6. The number of aliphatic carboxylic acids is 1. The number of rotatable bonds is 7. The van der Waals surface area contributed by atoms with Gasteiger partial charge in [-0.1, -0.05) is 35.3 Å². The Morgan fingerprint density at radius 1 is 1.08 bits per heavy atom. The molecule has 2 saturated heterocycles. The van der Waals surface area contributed by atoms with Crippen molar-refractivity contribution in [2.24, 2.45) is 0 Å². The van der Waals surface area contributed by atoms with Crippen molar-refractivity contribution in [1.29, 1.82) is 0 Å². The lowest BCUT2D eigenvalue weighted by molar-refractivity contribution is -0.145. The van der Waals surface area contributed by atoms with Crippen LogP contribution in [0, 0.1) is 6.92 Å². The van der Waals surface area contributed by atoms with Gasteiger partial charge >= 0.3 is 5.97 Å². The zero-order valence-electron chi connectivity index (χ0n) is 26.8. The molecule has 5 N–H and O–H groups in total. The predicted molar refractivity (Wildman–Crippen MR) is 172 cm³/mol. The number of aromatic nitrogens is 1. The molecule has 0 radical (unpaired) electrons. The van der Waals surface area contributed by atoms with E-state index in [2.05, 4.69) is 26.4 Å². The zero-order valence-corrected chi connectivity index (χ0v) is 27.5. The Balaban J connectivity index is 1.40. The lowest BCUT2D eigenvalue weighted by atomic mass is 9.63. The molecule has 48 heavy (non-hydrogen) atoms. The van der Waals surface area contributed by atoms with Crippen molar-refractivity contribution in [3.63, 3.8) is 0 Å². The summed E-state index contributed by atoms with van der Waals surface area (Å²) < 4.78 is 5.14. The number of carbonyl (C=O) groups excluding carboxylic acids is 5. The molecular weight excluding hydrogens is 644 g/mol. The van der Waals surface area contributed by atoms with E-state index in [0.717, 1.165) is 12.0 Å². The number of carboxylic acids is 1. The molecule has 1 aliphatic carbocycles. The average molecular weight is 685 g/mol. The van der Waals surface area contributed by atoms with Crippen molar-refractivity contribution in [1.82, 2.24) is 31.3 Å². The van der Waals surface area contributed by atoms with Crippen LogP contribution in [-0.4, -0.2) is 87.9 Å². The summed E-state index contributed by atoms with van der Waals surface area (Å²) in [7, 11) is 0. The molecule has 258 valence electrons. The van der Waals surface area contributed by atoms with E-state index in [1.165, 1.54) is 4.90 Å². The second-order valence-corrected chi connectivity index (χ2v) is 13.3. The number of aryl methyl sites for hydroxylation is 1. The Morgan fingerprint density at radius 2 is 1.83 bits per heavy atom. The van der Waals surface area contributed by atoms with Crippen molar-refractivity contribution >= 4 is 47.1 Å². The number of hydrogen-bond donors (Lipinski definition) is 5. The molecule has 3 fully saturated rings. The van der Waals surface area contributed by atoms with Crippen LogP contribution in [0.4, 0.5) is 0 Å². The van der Waals surface area contributed by atoms with E-state index in [1.807, 2.05) is 12.1 Å². The first-order valence-corrected chi connectivity index (χ1v) is 16.7. The SMILES string of the molecule is Cc1cc(CC(=O)N[C@@H]2C[C@H]3C(=O)N[C@H](C(=O)O)CCC(=O)NCCCC[C@H](NC(=O)C4(c5ccc(Cl)cc5)CCC4)C(=O)N3C2)on1. The van der Waals surface area contributed by atoms with Gasteiger partial charge in [0.1, 0.15) is 23.9 Å². The minimum atomic E-state index is -1.37. The van der Waals surface area contributed by atoms with Gasteiger partial charge in [-0.25, -0.2) is 4.79 Å². The maximum atomic E-state index is 14.3. The average Bonchev–Trinajstić information content (AvgIpc) is 3.63. The summed E-state index contributed by atoms with van der Waals surface area (Å²) in [4.78, 5) is 80.6. The van der Waals surface area contributed by atoms with Crippen LogP contribution in [0.5, 0.6) is 0 Å². The topological polar surface area (TPSA) is 200 Å². The molecule has 3 heterocycles. The third-order valence-corrected chi connectivity index (χ3v) is 9.67. The highest BCUT2D eigenvalue weighted by Gasteiger charge is 2.48. The molecule has 1 aromatic heterocycles. The number of fused-ring (bicyclic) bond motifs is 1. The lowest BCUT2D eigenvalue weighted by Crippen LogP contribution is -2.58. The van der Waals surface area contributed by atoms with Gasteiger partial charge in [0, 0.05) is 36.6 Å². The van der Waals surface area contributed by atoms with Crippen LogP contribution in [-0.2, 0) is 40.6 Å². The second kappa shape index (κ2) is 15.2. The molecule has 5 amide bonds. The Bertz CT molecular complexity index is 1540. The zero-order chi connectivity index (χ0) is 34.4. The minimum absolute atomic E-state index is 0.0148. The number of carboxylic acid groups (broad SMARTS) is 1. The monoisotopic (exact) mass is 684 g/mol. The van der Waals surface area contributed by atoms with E-state index < -0.39 is 53.3 Å². The molecule has 1 saturated carbocycles. The van der Waals surface area contributed by atoms with Gasteiger partial charge in [0.05, 0.1) is 17.5 Å². The first-order chi connectivity index (χ1) is 22.9. The third kappa shape index (κ3) is 8.15.